The summed E-state index contributed by atoms with van der Waals surface area (Å²) in [7, 11) is 0. The second kappa shape index (κ2) is 6.26. The molecular weight excluding hydrogens is 350 g/mol. The Bertz CT molecular complexity index is 608. The minimum Gasteiger partial charge on any atom is -0.482 e. The molecule has 1 aromatic carbocycles. The van der Waals surface area contributed by atoms with Gasteiger partial charge in [0.2, 0.25) is 5.91 Å². The summed E-state index contributed by atoms with van der Waals surface area (Å²) < 4.78 is 6.32. The van der Waals surface area contributed by atoms with Crippen LogP contribution >= 0.6 is 15.9 Å². The van der Waals surface area contributed by atoms with Crippen molar-refractivity contribution in [1.29, 1.82) is 0 Å². The summed E-state index contributed by atoms with van der Waals surface area (Å²) >= 11 is 3.38. The Morgan fingerprint density at radius 3 is 3.09 bits per heavy atom. The van der Waals surface area contributed by atoms with Gasteiger partial charge in [-0.15, -0.1) is 0 Å². The van der Waals surface area contributed by atoms with Crippen LogP contribution in [0.25, 0.3) is 0 Å². The molecule has 0 saturated carbocycles. The van der Waals surface area contributed by atoms with E-state index >= 15 is 0 Å². The van der Waals surface area contributed by atoms with Gasteiger partial charge in [0.25, 0.3) is 5.91 Å². The number of amides is 2. The number of rotatable bonds is 2. The Hall–Kier alpha value is -1.60. The summed E-state index contributed by atoms with van der Waals surface area (Å²) in [6.45, 7) is 4.28. The monoisotopic (exact) mass is 367 g/mol. The highest BCUT2D eigenvalue weighted by Crippen LogP contribution is 2.34. The maximum atomic E-state index is 12.6. The fourth-order valence-electron chi connectivity index (χ4n) is 2.79. The van der Waals surface area contributed by atoms with Gasteiger partial charge in [0.1, 0.15) is 12.3 Å². The Morgan fingerprint density at radius 2 is 2.32 bits per heavy atom. The second-order valence-electron chi connectivity index (χ2n) is 5.52. The van der Waals surface area contributed by atoms with Gasteiger partial charge in [0.15, 0.2) is 6.61 Å². The van der Waals surface area contributed by atoms with E-state index in [1.165, 1.54) is 4.90 Å². The van der Waals surface area contributed by atoms with Crippen LogP contribution in [0.15, 0.2) is 22.7 Å². The van der Waals surface area contributed by atoms with E-state index in [9.17, 15) is 9.59 Å². The van der Waals surface area contributed by atoms with Crippen molar-refractivity contribution in [2.75, 3.05) is 37.7 Å². The molecule has 1 aromatic rings. The lowest BCUT2D eigenvalue weighted by Crippen LogP contribution is -2.55. The summed E-state index contributed by atoms with van der Waals surface area (Å²) in [5, 5.41) is 3.25. The Morgan fingerprint density at radius 1 is 1.50 bits per heavy atom. The highest BCUT2D eigenvalue weighted by atomic mass is 79.9. The van der Waals surface area contributed by atoms with Crippen molar-refractivity contribution in [3.63, 3.8) is 0 Å². The first-order valence-electron chi connectivity index (χ1n) is 7.29. The molecule has 2 amide bonds. The van der Waals surface area contributed by atoms with Crippen molar-refractivity contribution in [2.24, 2.45) is 0 Å². The molecule has 0 radical (unpaired) electrons. The number of nitrogens with one attached hydrogen (secondary N) is 1. The maximum absolute atomic E-state index is 12.6. The van der Waals surface area contributed by atoms with Gasteiger partial charge >= 0.3 is 0 Å². The van der Waals surface area contributed by atoms with E-state index < -0.39 is 0 Å². The van der Waals surface area contributed by atoms with Gasteiger partial charge in [-0.1, -0.05) is 15.9 Å². The maximum Gasteiger partial charge on any atom is 0.265 e. The fourth-order valence-corrected chi connectivity index (χ4v) is 3.13. The van der Waals surface area contributed by atoms with Crippen molar-refractivity contribution in [3.8, 4) is 5.75 Å². The lowest BCUT2D eigenvalue weighted by atomic mass is 10.2. The van der Waals surface area contributed by atoms with Crippen molar-refractivity contribution < 1.29 is 14.3 Å². The van der Waals surface area contributed by atoms with E-state index in [1.807, 2.05) is 24.0 Å². The summed E-state index contributed by atoms with van der Waals surface area (Å²) in [6.07, 6.45) is 0. The zero-order chi connectivity index (χ0) is 15.7. The van der Waals surface area contributed by atoms with Gasteiger partial charge in [-0.05, 0) is 25.1 Å². The van der Waals surface area contributed by atoms with E-state index in [0.717, 1.165) is 17.6 Å². The number of halogens is 1. The molecule has 1 fully saturated rings. The Labute approximate surface area is 137 Å². The molecule has 1 atom stereocenters. The Balaban J connectivity index is 1.79. The molecule has 2 heterocycles. The standard InChI is InChI=1S/C15H18BrN3O3/c1-10-7-17-4-5-18(10)14(20)8-19-12-3-2-11(16)6-13(12)22-9-15(19)21/h2-3,6,10,17H,4-5,7-9H2,1H3. The van der Waals surface area contributed by atoms with Crippen LogP contribution in [0.2, 0.25) is 0 Å². The van der Waals surface area contributed by atoms with E-state index in [-0.39, 0.29) is 31.0 Å². The topological polar surface area (TPSA) is 61.9 Å². The molecule has 118 valence electrons. The third kappa shape index (κ3) is 2.96. The summed E-state index contributed by atoms with van der Waals surface area (Å²) in [5.41, 5.74) is 0.649. The van der Waals surface area contributed by atoms with E-state index in [2.05, 4.69) is 21.2 Å². The van der Waals surface area contributed by atoms with E-state index in [0.29, 0.717) is 18.0 Å². The predicted molar refractivity (Wildman–Crippen MR) is 86.0 cm³/mol. The average Bonchev–Trinajstić information content (AvgIpc) is 2.50. The van der Waals surface area contributed by atoms with Crippen LogP contribution < -0.4 is 15.0 Å². The van der Waals surface area contributed by atoms with Crippen molar-refractivity contribution in [2.45, 2.75) is 13.0 Å². The molecular formula is C15H18BrN3O3. The fraction of sp³-hybridized carbons (Fsp3) is 0.467. The van der Waals surface area contributed by atoms with Crippen molar-refractivity contribution in [3.05, 3.63) is 22.7 Å². The summed E-state index contributed by atoms with van der Waals surface area (Å²) in [4.78, 5) is 28.0. The second-order valence-corrected chi connectivity index (χ2v) is 6.44. The normalized spacial score (nSPS) is 21.4. The molecule has 3 rings (SSSR count). The van der Waals surface area contributed by atoms with Gasteiger partial charge in [0, 0.05) is 30.1 Å². The van der Waals surface area contributed by atoms with Crippen LogP contribution in [0.5, 0.6) is 5.75 Å². The third-order valence-corrected chi connectivity index (χ3v) is 4.47. The quantitative estimate of drug-likeness (QED) is 0.846. The van der Waals surface area contributed by atoms with E-state index in [4.69, 9.17) is 4.74 Å². The first-order chi connectivity index (χ1) is 10.6. The van der Waals surface area contributed by atoms with Crippen LogP contribution in [-0.4, -0.2) is 55.5 Å². The number of piperazine rings is 1. The molecule has 7 heteroatoms. The molecule has 1 unspecified atom stereocenters. The first-order valence-corrected chi connectivity index (χ1v) is 8.08. The van der Waals surface area contributed by atoms with Gasteiger partial charge in [-0.3, -0.25) is 14.5 Å². The zero-order valence-electron chi connectivity index (χ0n) is 12.3. The highest BCUT2D eigenvalue weighted by Gasteiger charge is 2.31. The van der Waals surface area contributed by atoms with Gasteiger partial charge in [0.05, 0.1) is 5.69 Å². The summed E-state index contributed by atoms with van der Waals surface area (Å²) in [6, 6.07) is 5.59. The summed E-state index contributed by atoms with van der Waals surface area (Å²) in [5.74, 6) is 0.402. The minimum atomic E-state index is -0.189. The predicted octanol–water partition coefficient (Wildman–Crippen LogP) is 0.995. The molecule has 2 aliphatic rings. The number of anilines is 1. The van der Waals surface area contributed by atoms with Gasteiger partial charge in [-0.25, -0.2) is 0 Å². The van der Waals surface area contributed by atoms with Crippen LogP contribution in [0.4, 0.5) is 5.69 Å². The molecule has 0 spiro atoms. The molecule has 1 N–H and O–H groups in total. The number of nitrogens with zero attached hydrogens (tertiary/aromatic N) is 2. The number of hydrogen-bond acceptors (Lipinski definition) is 4. The number of hydrogen-bond donors (Lipinski definition) is 1. The smallest absolute Gasteiger partial charge is 0.265 e. The molecule has 0 bridgehead atoms. The third-order valence-electron chi connectivity index (χ3n) is 3.98. The molecule has 0 aliphatic carbocycles. The molecule has 0 aromatic heterocycles. The molecule has 1 saturated heterocycles. The number of benzene rings is 1. The zero-order valence-corrected chi connectivity index (χ0v) is 13.9. The number of fused-ring (bicyclic) bond motifs is 1. The number of ether oxygens (including phenoxy) is 1. The van der Waals surface area contributed by atoms with Crippen LogP contribution in [0.1, 0.15) is 6.92 Å². The minimum absolute atomic E-state index is 0.0295. The Kier molecular flexibility index (Phi) is 4.35. The van der Waals surface area contributed by atoms with Gasteiger partial charge < -0.3 is 15.0 Å². The largest absolute Gasteiger partial charge is 0.482 e. The van der Waals surface area contributed by atoms with Crippen molar-refractivity contribution in [1.82, 2.24) is 10.2 Å². The van der Waals surface area contributed by atoms with Crippen molar-refractivity contribution >= 4 is 33.4 Å². The first kappa shape index (κ1) is 15.3. The molecule has 6 nitrogen and oxygen atoms in total. The molecule has 2 aliphatic heterocycles. The highest BCUT2D eigenvalue weighted by molar-refractivity contribution is 9.10. The van der Waals surface area contributed by atoms with E-state index in [1.54, 1.807) is 6.07 Å². The SMILES string of the molecule is CC1CNCCN1C(=O)CN1C(=O)COc2cc(Br)ccc21. The number of carbonyl (C=O) groups is 2. The van der Waals surface area contributed by atoms with Crippen LogP contribution in [-0.2, 0) is 9.59 Å². The molecule has 22 heavy (non-hydrogen) atoms. The lowest BCUT2D eigenvalue weighted by Gasteiger charge is -2.36. The van der Waals surface area contributed by atoms with Crippen LogP contribution in [0, 0.1) is 0 Å². The average molecular weight is 368 g/mol. The lowest BCUT2D eigenvalue weighted by molar-refractivity contribution is -0.134. The number of carbonyl (C=O) groups excluding carboxylic acids is 2. The van der Waals surface area contributed by atoms with Crippen LogP contribution in [0.3, 0.4) is 0 Å². The van der Waals surface area contributed by atoms with Gasteiger partial charge in [-0.2, -0.15) is 0 Å².